The van der Waals surface area contributed by atoms with Gasteiger partial charge in [0.2, 0.25) is 16.0 Å². The fourth-order valence-corrected chi connectivity index (χ4v) is 5.11. The maximum atomic E-state index is 13.4. The number of piperidine rings is 1. The summed E-state index contributed by atoms with van der Waals surface area (Å²) in [4.78, 5) is 3.53. The van der Waals surface area contributed by atoms with Crippen LogP contribution in [0.3, 0.4) is 0 Å². The number of halogens is 4. The van der Waals surface area contributed by atoms with E-state index in [0.717, 1.165) is 49.4 Å². The molecule has 3 heterocycles. The first-order valence-electron chi connectivity index (χ1n) is 9.44. The van der Waals surface area contributed by atoms with Crippen molar-refractivity contribution in [1.82, 2.24) is 18.9 Å². The summed E-state index contributed by atoms with van der Waals surface area (Å²) >= 11 is 0. The van der Waals surface area contributed by atoms with Gasteiger partial charge in [0.1, 0.15) is 5.52 Å². The van der Waals surface area contributed by atoms with Crippen LogP contribution in [-0.2, 0) is 10.0 Å². The summed E-state index contributed by atoms with van der Waals surface area (Å²) in [5, 5.41) is 12.8. The van der Waals surface area contributed by atoms with Crippen LogP contribution in [-0.4, -0.2) is 63.0 Å². The summed E-state index contributed by atoms with van der Waals surface area (Å²) < 4.78 is 76.8. The number of aromatic nitrogens is 3. The Hall–Kier alpha value is -1.99. The molecule has 1 aliphatic heterocycles. The van der Waals surface area contributed by atoms with E-state index in [1.807, 2.05) is 0 Å². The van der Waals surface area contributed by atoms with Gasteiger partial charge in [0.05, 0.1) is 29.2 Å². The van der Waals surface area contributed by atoms with Gasteiger partial charge in [-0.25, -0.2) is 22.3 Å². The molecule has 0 spiro atoms. The van der Waals surface area contributed by atoms with Crippen molar-refractivity contribution in [2.24, 2.45) is 0 Å². The second-order valence-electron chi connectivity index (χ2n) is 7.49. The van der Waals surface area contributed by atoms with Crippen molar-refractivity contribution >= 4 is 21.5 Å². The van der Waals surface area contributed by atoms with E-state index < -0.39 is 34.0 Å². The molecule has 1 aliphatic carbocycles. The van der Waals surface area contributed by atoms with Crippen LogP contribution >= 0.6 is 0 Å². The van der Waals surface area contributed by atoms with Crippen molar-refractivity contribution in [2.75, 3.05) is 18.8 Å². The highest BCUT2D eigenvalue weighted by Crippen LogP contribution is 2.35. The molecule has 0 bridgehead atoms. The van der Waals surface area contributed by atoms with Crippen molar-refractivity contribution in [3.05, 3.63) is 23.8 Å². The summed E-state index contributed by atoms with van der Waals surface area (Å²) in [7, 11) is -3.05. The quantitative estimate of drug-likeness (QED) is 0.688. The number of hydrogen-bond acceptors (Lipinski definition) is 6. The fourth-order valence-electron chi connectivity index (χ4n) is 3.19. The second-order valence-corrected chi connectivity index (χ2v) is 9.71. The van der Waals surface area contributed by atoms with Gasteiger partial charge in [-0.15, -0.1) is 5.10 Å². The topological polar surface area (TPSA) is 114 Å². The Morgan fingerprint density at radius 2 is 1.97 bits per heavy atom. The van der Waals surface area contributed by atoms with Gasteiger partial charge in [-0.3, -0.25) is 0 Å². The molecule has 0 amide bonds. The first kappa shape index (κ1) is 22.7. The van der Waals surface area contributed by atoms with E-state index in [4.69, 9.17) is 5.73 Å². The van der Waals surface area contributed by atoms with E-state index in [-0.39, 0.29) is 22.4 Å². The third-order valence-corrected chi connectivity index (χ3v) is 7.48. The highest BCUT2D eigenvalue weighted by Gasteiger charge is 2.41. The summed E-state index contributed by atoms with van der Waals surface area (Å²) in [6.45, 7) is 1.83. The third-order valence-electron chi connectivity index (χ3n) is 5.11. The molecule has 168 valence electrons. The monoisotopic (exact) mass is 453 g/mol. The van der Waals surface area contributed by atoms with Crippen molar-refractivity contribution < 1.29 is 31.1 Å². The maximum Gasteiger partial charge on any atom is 0.396 e. The van der Waals surface area contributed by atoms with Gasteiger partial charge in [0.15, 0.2) is 5.82 Å². The van der Waals surface area contributed by atoms with Crippen LogP contribution in [0.15, 0.2) is 12.3 Å². The number of aliphatic hydroxyl groups is 1. The van der Waals surface area contributed by atoms with Crippen LogP contribution < -0.4 is 5.73 Å². The summed E-state index contributed by atoms with van der Waals surface area (Å²) in [6, 6.07) is 0.793. The molecular formula is C17H23F4N5O3S. The minimum absolute atomic E-state index is 0.134. The average Bonchev–Trinajstić information content (AvgIpc) is 3.47. The van der Waals surface area contributed by atoms with Crippen LogP contribution in [0.1, 0.15) is 44.2 Å². The van der Waals surface area contributed by atoms with Gasteiger partial charge in [-0.05, 0) is 38.7 Å². The molecule has 2 unspecified atom stereocenters. The summed E-state index contributed by atoms with van der Waals surface area (Å²) in [5.74, 6) is -2.87. The summed E-state index contributed by atoms with van der Waals surface area (Å²) in [6.07, 6.45) is -0.763. The molecule has 4 rings (SSSR count). The van der Waals surface area contributed by atoms with Gasteiger partial charge in [0.25, 0.3) is 0 Å². The van der Waals surface area contributed by atoms with Crippen molar-refractivity contribution in [1.29, 1.82) is 0 Å². The third kappa shape index (κ3) is 4.83. The SMILES string of the molecule is CC(c1cc(F)c2cnc(N)nn12)C(F)(F)F.O=S(=O)(C1CC1)N1CCCC(O)C1. The molecule has 0 aromatic carbocycles. The Morgan fingerprint density at radius 1 is 1.30 bits per heavy atom. The van der Waals surface area contributed by atoms with E-state index in [2.05, 4.69) is 10.1 Å². The molecule has 2 aliphatic rings. The first-order chi connectivity index (χ1) is 13.9. The van der Waals surface area contributed by atoms with Gasteiger partial charge >= 0.3 is 6.18 Å². The number of nitrogen functional groups attached to an aromatic ring is 1. The molecule has 2 atom stereocenters. The lowest BCUT2D eigenvalue weighted by Gasteiger charge is -2.29. The highest BCUT2D eigenvalue weighted by atomic mass is 32.2. The number of nitrogens with zero attached hydrogens (tertiary/aromatic N) is 4. The summed E-state index contributed by atoms with van der Waals surface area (Å²) in [5.41, 5.74) is 4.82. The van der Waals surface area contributed by atoms with Crippen LogP contribution in [0.5, 0.6) is 0 Å². The second kappa shape index (κ2) is 8.27. The lowest BCUT2D eigenvalue weighted by atomic mass is 10.1. The normalized spacial score (nSPS) is 21.9. The van der Waals surface area contributed by atoms with Crippen molar-refractivity contribution in [3.63, 3.8) is 0 Å². The number of aliphatic hydroxyl groups excluding tert-OH is 1. The zero-order chi connectivity index (χ0) is 22.3. The molecule has 2 aromatic rings. The molecular weight excluding hydrogens is 430 g/mol. The number of anilines is 1. The Labute approximate surface area is 170 Å². The average molecular weight is 453 g/mol. The number of alkyl halides is 3. The molecule has 8 nitrogen and oxygen atoms in total. The van der Waals surface area contributed by atoms with Crippen LogP contribution in [0.2, 0.25) is 0 Å². The number of β-amino-alcohol motifs (C(OH)–C–C–N with tert-alkyl or cyclic N) is 1. The Morgan fingerprint density at radius 3 is 2.53 bits per heavy atom. The van der Waals surface area contributed by atoms with E-state index >= 15 is 0 Å². The van der Waals surface area contributed by atoms with E-state index in [0.29, 0.717) is 13.1 Å². The standard InChI is InChI=1S/C9H8F4N4.C8H15NO3S/c1-4(9(11,12)13)6-2-5(10)7-3-15-8(14)16-17(6)7;10-7-2-1-5-9(6-7)13(11,12)8-3-4-8/h2-4H,1H3,(H2,14,16);7-8,10H,1-6H2. The number of hydrogen-bond donors (Lipinski definition) is 2. The van der Waals surface area contributed by atoms with Crippen LogP contribution in [0, 0.1) is 5.82 Å². The zero-order valence-corrected chi connectivity index (χ0v) is 17.0. The minimum Gasteiger partial charge on any atom is -0.392 e. The highest BCUT2D eigenvalue weighted by molar-refractivity contribution is 7.90. The lowest BCUT2D eigenvalue weighted by Crippen LogP contribution is -2.43. The van der Waals surface area contributed by atoms with E-state index in [1.165, 1.54) is 4.31 Å². The minimum atomic E-state index is -4.47. The van der Waals surface area contributed by atoms with Crippen LogP contribution in [0.25, 0.3) is 5.52 Å². The van der Waals surface area contributed by atoms with Gasteiger partial charge in [-0.1, -0.05) is 0 Å². The van der Waals surface area contributed by atoms with Crippen molar-refractivity contribution in [2.45, 2.75) is 56.1 Å². The molecule has 2 fully saturated rings. The van der Waals surface area contributed by atoms with Gasteiger partial charge < -0.3 is 10.8 Å². The predicted molar refractivity (Wildman–Crippen MR) is 101 cm³/mol. The predicted octanol–water partition coefficient (Wildman–Crippen LogP) is 2.05. The zero-order valence-electron chi connectivity index (χ0n) is 16.2. The number of fused-ring (bicyclic) bond motifs is 1. The van der Waals surface area contributed by atoms with E-state index in [9.17, 15) is 31.1 Å². The number of nitrogens with two attached hydrogens (primary N) is 1. The Bertz CT molecular complexity index is 1010. The molecule has 3 N–H and O–H groups in total. The van der Waals surface area contributed by atoms with Gasteiger partial charge in [0, 0.05) is 13.1 Å². The molecule has 30 heavy (non-hydrogen) atoms. The molecule has 0 radical (unpaired) electrons. The number of rotatable bonds is 3. The van der Waals surface area contributed by atoms with Crippen molar-refractivity contribution in [3.8, 4) is 0 Å². The fraction of sp³-hybridized carbons (Fsp3) is 0.647. The van der Waals surface area contributed by atoms with Crippen LogP contribution in [0.4, 0.5) is 23.5 Å². The Kier molecular flexibility index (Phi) is 6.25. The Balaban J connectivity index is 0.000000177. The molecule has 1 saturated carbocycles. The lowest BCUT2D eigenvalue weighted by molar-refractivity contribution is -0.147. The smallest absolute Gasteiger partial charge is 0.392 e. The first-order valence-corrected chi connectivity index (χ1v) is 10.9. The largest absolute Gasteiger partial charge is 0.396 e. The number of sulfonamides is 1. The molecule has 13 heteroatoms. The van der Waals surface area contributed by atoms with E-state index in [1.54, 1.807) is 0 Å². The van der Waals surface area contributed by atoms with Gasteiger partial charge in [-0.2, -0.15) is 17.5 Å². The molecule has 2 aromatic heterocycles. The maximum absolute atomic E-state index is 13.4. The molecule has 1 saturated heterocycles.